The summed E-state index contributed by atoms with van der Waals surface area (Å²) >= 11 is 0. The molecule has 5 rings (SSSR count). The Morgan fingerprint density at radius 3 is 2.81 bits per heavy atom. The van der Waals surface area contributed by atoms with Crippen LogP contribution < -0.4 is 4.74 Å². The van der Waals surface area contributed by atoms with Crippen LogP contribution in [0.25, 0.3) is 11.0 Å². The van der Waals surface area contributed by atoms with Crippen molar-refractivity contribution in [2.45, 2.75) is 19.4 Å². The van der Waals surface area contributed by atoms with Crippen molar-refractivity contribution in [1.82, 2.24) is 4.90 Å². The Morgan fingerprint density at radius 1 is 1.15 bits per heavy atom. The normalized spacial score (nSPS) is 25.1. The predicted molar refractivity (Wildman–Crippen MR) is 100 cm³/mol. The second-order valence-electron chi connectivity index (χ2n) is 7.72. The van der Waals surface area contributed by atoms with Crippen LogP contribution in [0.4, 0.5) is 0 Å². The van der Waals surface area contributed by atoms with Crippen LogP contribution in [0.15, 0.2) is 52.9 Å². The highest BCUT2D eigenvalue weighted by Crippen LogP contribution is 2.49. The molecule has 3 heterocycles. The van der Waals surface area contributed by atoms with Gasteiger partial charge >= 0.3 is 0 Å². The molecular formula is C22H23NO3. The third kappa shape index (κ3) is 2.29. The highest BCUT2D eigenvalue weighted by atomic mass is 16.5. The highest BCUT2D eigenvalue weighted by Gasteiger charge is 2.50. The summed E-state index contributed by atoms with van der Waals surface area (Å²) in [6.45, 7) is 5.34. The van der Waals surface area contributed by atoms with Gasteiger partial charge in [-0.05, 0) is 30.2 Å². The van der Waals surface area contributed by atoms with Crippen molar-refractivity contribution in [3.63, 3.8) is 0 Å². The second-order valence-corrected chi connectivity index (χ2v) is 7.72. The number of aryl methyl sites for hydroxylation is 1. The van der Waals surface area contributed by atoms with Crippen molar-refractivity contribution in [2.24, 2.45) is 5.41 Å². The minimum atomic E-state index is -0.228. The van der Waals surface area contributed by atoms with Crippen LogP contribution in [0.3, 0.4) is 0 Å². The standard InChI is InChI=1S/C22H23NO3/c1-15-16-6-2-5-9-20(16)26-21(15)11-23-10-18-17-7-3-4-8-19(17)25-14-22(18,12-23)13-24/h2-9,18,24H,10-14H2,1H3/t18-,22-/m1/s1. The Kier molecular flexibility index (Phi) is 3.59. The Bertz CT molecular complexity index is 963. The van der Waals surface area contributed by atoms with Gasteiger partial charge in [0.25, 0.3) is 0 Å². The summed E-state index contributed by atoms with van der Waals surface area (Å²) < 4.78 is 12.1. The number of fused-ring (bicyclic) bond motifs is 4. The number of ether oxygens (including phenoxy) is 1. The summed E-state index contributed by atoms with van der Waals surface area (Å²) in [4.78, 5) is 2.40. The first-order chi connectivity index (χ1) is 12.7. The molecule has 0 aliphatic carbocycles. The van der Waals surface area contributed by atoms with Crippen molar-refractivity contribution in [2.75, 3.05) is 26.3 Å². The minimum absolute atomic E-state index is 0.140. The zero-order valence-electron chi connectivity index (χ0n) is 14.9. The van der Waals surface area contributed by atoms with E-state index in [0.717, 1.165) is 36.7 Å². The molecule has 2 aromatic carbocycles. The number of hydrogen-bond acceptors (Lipinski definition) is 4. The van der Waals surface area contributed by atoms with Crippen LogP contribution in [0.5, 0.6) is 5.75 Å². The van der Waals surface area contributed by atoms with Crippen LogP contribution in [0.1, 0.15) is 22.8 Å². The SMILES string of the molecule is Cc1c(CN2C[C@@H]3c4ccccc4OC[C@]3(CO)C2)oc2ccccc12. The van der Waals surface area contributed by atoms with E-state index >= 15 is 0 Å². The lowest BCUT2D eigenvalue weighted by molar-refractivity contribution is 0.0453. The summed E-state index contributed by atoms with van der Waals surface area (Å²) in [5.74, 6) is 2.28. The van der Waals surface area contributed by atoms with Gasteiger partial charge in [-0.25, -0.2) is 0 Å². The molecule has 2 aliphatic rings. The molecule has 0 radical (unpaired) electrons. The lowest BCUT2D eigenvalue weighted by atomic mass is 9.74. The number of hydrogen-bond donors (Lipinski definition) is 1. The summed E-state index contributed by atoms with van der Waals surface area (Å²) in [7, 11) is 0. The minimum Gasteiger partial charge on any atom is -0.493 e. The van der Waals surface area contributed by atoms with Gasteiger partial charge in [0.1, 0.15) is 17.1 Å². The summed E-state index contributed by atoms with van der Waals surface area (Å²) in [6.07, 6.45) is 0. The number of nitrogens with zero attached hydrogens (tertiary/aromatic N) is 1. The Balaban J connectivity index is 1.46. The Labute approximate surface area is 153 Å². The smallest absolute Gasteiger partial charge is 0.134 e. The van der Waals surface area contributed by atoms with E-state index in [1.807, 2.05) is 30.3 Å². The number of para-hydroxylation sites is 2. The maximum atomic E-state index is 10.2. The fraction of sp³-hybridized carbons (Fsp3) is 0.364. The molecule has 0 spiro atoms. The molecule has 26 heavy (non-hydrogen) atoms. The van der Waals surface area contributed by atoms with E-state index in [-0.39, 0.29) is 12.0 Å². The van der Waals surface area contributed by atoms with E-state index < -0.39 is 0 Å². The average molecular weight is 349 g/mol. The Hall–Kier alpha value is -2.30. The fourth-order valence-electron chi connectivity index (χ4n) is 4.67. The molecule has 1 aromatic heterocycles. The molecule has 2 atom stereocenters. The van der Waals surface area contributed by atoms with Gasteiger partial charge in [-0.2, -0.15) is 0 Å². The third-order valence-electron chi connectivity index (χ3n) is 6.15. The molecule has 4 heteroatoms. The van der Waals surface area contributed by atoms with Gasteiger partial charge in [-0.1, -0.05) is 36.4 Å². The van der Waals surface area contributed by atoms with Gasteiger partial charge in [-0.15, -0.1) is 0 Å². The zero-order chi connectivity index (χ0) is 17.7. The van der Waals surface area contributed by atoms with E-state index in [9.17, 15) is 5.11 Å². The molecule has 4 nitrogen and oxygen atoms in total. The first-order valence-corrected chi connectivity index (χ1v) is 9.22. The van der Waals surface area contributed by atoms with E-state index in [4.69, 9.17) is 9.15 Å². The molecule has 0 unspecified atom stereocenters. The quantitative estimate of drug-likeness (QED) is 0.783. The average Bonchev–Trinajstić information content (AvgIpc) is 3.21. The maximum Gasteiger partial charge on any atom is 0.134 e. The van der Waals surface area contributed by atoms with Crippen molar-refractivity contribution in [3.05, 3.63) is 65.4 Å². The molecular weight excluding hydrogens is 326 g/mol. The summed E-state index contributed by atoms with van der Waals surface area (Å²) in [5.41, 5.74) is 3.15. The zero-order valence-corrected chi connectivity index (χ0v) is 14.9. The van der Waals surface area contributed by atoms with E-state index in [0.29, 0.717) is 12.5 Å². The summed E-state index contributed by atoms with van der Waals surface area (Å²) in [6, 6.07) is 16.4. The molecule has 134 valence electrons. The van der Waals surface area contributed by atoms with Crippen molar-refractivity contribution < 1.29 is 14.3 Å². The number of aliphatic hydroxyl groups excluding tert-OH is 1. The molecule has 2 aliphatic heterocycles. The number of benzene rings is 2. The van der Waals surface area contributed by atoms with Crippen LogP contribution in [-0.2, 0) is 6.54 Å². The molecule has 3 aromatic rings. The number of furan rings is 1. The van der Waals surface area contributed by atoms with Crippen LogP contribution in [0, 0.1) is 12.3 Å². The molecule has 1 N–H and O–H groups in total. The van der Waals surface area contributed by atoms with Crippen molar-refractivity contribution in [1.29, 1.82) is 0 Å². The van der Waals surface area contributed by atoms with Crippen LogP contribution >= 0.6 is 0 Å². The first-order valence-electron chi connectivity index (χ1n) is 9.22. The summed E-state index contributed by atoms with van der Waals surface area (Å²) in [5, 5.41) is 11.4. The van der Waals surface area contributed by atoms with Gasteiger partial charge < -0.3 is 14.3 Å². The maximum absolute atomic E-state index is 10.2. The number of rotatable bonds is 3. The van der Waals surface area contributed by atoms with Crippen LogP contribution in [0.2, 0.25) is 0 Å². The van der Waals surface area contributed by atoms with Crippen molar-refractivity contribution in [3.8, 4) is 5.75 Å². The second kappa shape index (κ2) is 5.86. The third-order valence-corrected chi connectivity index (χ3v) is 6.15. The van der Waals surface area contributed by atoms with Crippen molar-refractivity contribution >= 4 is 11.0 Å². The molecule has 1 saturated heterocycles. The van der Waals surface area contributed by atoms with Gasteiger partial charge in [0.2, 0.25) is 0 Å². The monoisotopic (exact) mass is 349 g/mol. The number of likely N-dealkylation sites (tertiary alicyclic amines) is 1. The van der Waals surface area contributed by atoms with E-state index in [1.54, 1.807) is 0 Å². The highest BCUT2D eigenvalue weighted by molar-refractivity contribution is 5.81. The number of aliphatic hydroxyl groups is 1. The van der Waals surface area contributed by atoms with Crippen LogP contribution in [-0.4, -0.2) is 36.3 Å². The van der Waals surface area contributed by atoms with Gasteiger partial charge in [0.15, 0.2) is 0 Å². The fourth-order valence-corrected chi connectivity index (χ4v) is 4.67. The predicted octanol–water partition coefficient (Wildman–Crippen LogP) is 3.71. The molecule has 0 bridgehead atoms. The van der Waals surface area contributed by atoms with Gasteiger partial charge in [0.05, 0.1) is 19.8 Å². The Morgan fingerprint density at radius 2 is 1.96 bits per heavy atom. The lowest BCUT2D eigenvalue weighted by Gasteiger charge is -2.38. The van der Waals surface area contributed by atoms with E-state index in [1.165, 1.54) is 16.5 Å². The topological polar surface area (TPSA) is 45.8 Å². The first kappa shape index (κ1) is 15.9. The molecule has 0 amide bonds. The van der Waals surface area contributed by atoms with E-state index in [2.05, 4.69) is 30.0 Å². The van der Waals surface area contributed by atoms with Gasteiger partial charge in [-0.3, -0.25) is 4.90 Å². The molecule has 0 saturated carbocycles. The molecule has 1 fully saturated rings. The largest absolute Gasteiger partial charge is 0.493 e. The van der Waals surface area contributed by atoms with Gasteiger partial charge in [0, 0.05) is 29.8 Å². The lowest BCUT2D eigenvalue weighted by Crippen LogP contribution is -2.42.